The van der Waals surface area contributed by atoms with Crippen LogP contribution >= 0.6 is 0 Å². The number of amides is 1. The Balaban J connectivity index is 0.00000413. The van der Waals surface area contributed by atoms with E-state index in [1.54, 1.807) is 0 Å². The zero-order valence-corrected chi connectivity index (χ0v) is 36.1. The Morgan fingerprint density at radius 3 is 1.28 bits per heavy atom. The molecule has 0 saturated carbocycles. The molecule has 10 heteroatoms. The van der Waals surface area contributed by atoms with Gasteiger partial charge in [-0.15, -0.1) is 0 Å². The van der Waals surface area contributed by atoms with E-state index in [0.29, 0.717) is 25.2 Å². The number of likely N-dealkylation sites (N-methyl/N-ethyl adjacent to an activating group) is 1. The summed E-state index contributed by atoms with van der Waals surface area (Å²) in [5.41, 5.74) is 0. The molecule has 0 aromatic carbocycles. The van der Waals surface area contributed by atoms with E-state index >= 15 is 0 Å². The second-order valence-electron chi connectivity index (χ2n) is 15.7. The third-order valence-corrected chi connectivity index (χ3v) is 11.0. The maximum atomic E-state index is 12.9. The number of hydrogen-bond acceptors (Lipinski definition) is 7. The van der Waals surface area contributed by atoms with Crippen LogP contribution in [0.1, 0.15) is 226 Å². The predicted octanol–water partition coefficient (Wildman–Crippen LogP) is 11.7. The lowest BCUT2D eigenvalue weighted by Gasteiger charge is -2.19. The molecule has 1 rings (SSSR count). The van der Waals surface area contributed by atoms with Crippen molar-refractivity contribution in [3.63, 3.8) is 0 Å². The van der Waals surface area contributed by atoms with Crippen molar-refractivity contribution in [2.24, 2.45) is 4.99 Å². The van der Waals surface area contributed by atoms with Crippen LogP contribution in [-0.4, -0.2) is 68.2 Å². The Morgan fingerprint density at radius 2 is 0.962 bits per heavy atom. The van der Waals surface area contributed by atoms with Crippen molar-refractivity contribution >= 4 is 27.9 Å². The molecule has 0 aliphatic carbocycles. The van der Waals surface area contributed by atoms with Gasteiger partial charge in [0.2, 0.25) is 5.91 Å². The first-order valence-corrected chi connectivity index (χ1v) is 23.6. The number of nitrogens with zero attached hydrogens (tertiary/aromatic N) is 2. The summed E-state index contributed by atoms with van der Waals surface area (Å²) < 4.78 is 29.7. The number of carbonyl (C=O) groups excluding carboxylic acids is 2. The van der Waals surface area contributed by atoms with Gasteiger partial charge in [-0.2, -0.15) is 8.42 Å². The molecule has 2 atom stereocenters. The summed E-state index contributed by atoms with van der Waals surface area (Å²) in [6.45, 7) is 7.31. The topological polar surface area (TPSA) is 125 Å². The molecule has 9 nitrogen and oxygen atoms in total. The minimum atomic E-state index is -4.16. The van der Waals surface area contributed by atoms with Gasteiger partial charge in [0, 0.05) is 26.4 Å². The molecule has 1 heterocycles. The number of rotatable bonds is 36. The molecule has 0 radical (unpaired) electrons. The average molecular weight is 772 g/mol. The van der Waals surface area contributed by atoms with Crippen molar-refractivity contribution in [2.75, 3.05) is 20.7 Å². The molecule has 1 aliphatic heterocycles. The standard InChI is InChI=1S/C42H81N3O2.CH4O4S/c1-5-7-9-11-13-15-17-19-21-23-25-27-29-31-33-35-40(46)42-44-39(37-45(42)4)38(3)43-41(47)36-34-32-30-28-26-24-22-20-18-16-14-12-10-8-6-2;1-5-6(2,3)4/h38-39H,5-37H2,1-4H3,(H,43,47);1H3,(H,2,3,4). The largest absolute Gasteiger partial charge is 0.397 e. The van der Waals surface area contributed by atoms with Crippen LogP contribution in [0.3, 0.4) is 0 Å². The lowest BCUT2D eigenvalue weighted by molar-refractivity contribution is -0.122. The van der Waals surface area contributed by atoms with E-state index in [1.807, 2.05) is 18.9 Å². The minimum absolute atomic E-state index is 0.0370. The van der Waals surface area contributed by atoms with E-state index in [9.17, 15) is 18.0 Å². The Kier molecular flexibility index (Phi) is 35.1. The van der Waals surface area contributed by atoms with Crippen LogP contribution in [-0.2, 0) is 24.2 Å². The molecular formula is C43H85N3O6S. The van der Waals surface area contributed by atoms with Gasteiger partial charge in [-0.1, -0.05) is 194 Å². The predicted molar refractivity (Wildman–Crippen MR) is 224 cm³/mol. The fourth-order valence-electron chi connectivity index (χ4n) is 7.07. The van der Waals surface area contributed by atoms with Crippen LogP contribution in [0.4, 0.5) is 0 Å². The second-order valence-corrected chi connectivity index (χ2v) is 16.9. The highest BCUT2D eigenvalue weighted by Gasteiger charge is 2.30. The van der Waals surface area contributed by atoms with E-state index in [4.69, 9.17) is 9.55 Å². The average Bonchev–Trinajstić information content (AvgIpc) is 3.53. The summed E-state index contributed by atoms with van der Waals surface area (Å²) in [6, 6.07) is -0.0811. The lowest BCUT2D eigenvalue weighted by Crippen LogP contribution is -2.42. The molecule has 2 N–H and O–H groups in total. The summed E-state index contributed by atoms with van der Waals surface area (Å²) in [6.07, 6.45) is 41.2. The quantitative estimate of drug-likeness (QED) is 0.0480. The van der Waals surface area contributed by atoms with Crippen LogP contribution in [0.25, 0.3) is 0 Å². The third-order valence-electron chi connectivity index (χ3n) is 10.6. The van der Waals surface area contributed by atoms with Crippen molar-refractivity contribution in [2.45, 2.75) is 238 Å². The fourth-order valence-corrected chi connectivity index (χ4v) is 7.07. The van der Waals surface area contributed by atoms with Gasteiger partial charge in [0.25, 0.3) is 0 Å². The second kappa shape index (κ2) is 36.1. The van der Waals surface area contributed by atoms with Gasteiger partial charge in [-0.05, 0) is 19.8 Å². The molecule has 0 aromatic heterocycles. The molecule has 0 aromatic rings. The first kappa shape index (κ1) is 51.5. The first-order valence-electron chi connectivity index (χ1n) is 22.2. The molecular weight excluding hydrogens is 687 g/mol. The van der Waals surface area contributed by atoms with E-state index in [0.717, 1.165) is 32.8 Å². The van der Waals surface area contributed by atoms with Gasteiger partial charge < -0.3 is 10.2 Å². The number of Topliss-reactive ketones (excluding diaryl/α,β-unsaturated/α-hetero) is 1. The number of aliphatic imine (C=N–C) groups is 1. The number of unbranched alkanes of at least 4 members (excludes halogenated alkanes) is 28. The summed E-state index contributed by atoms with van der Waals surface area (Å²) in [4.78, 5) is 32.2. The molecule has 2 unspecified atom stereocenters. The van der Waals surface area contributed by atoms with Crippen molar-refractivity contribution in [3.8, 4) is 0 Å². The van der Waals surface area contributed by atoms with Crippen molar-refractivity contribution in [1.29, 1.82) is 0 Å². The normalized spacial score (nSPS) is 14.9. The number of nitrogens with one attached hydrogen (secondary N) is 1. The van der Waals surface area contributed by atoms with Gasteiger partial charge in [0.05, 0.1) is 19.2 Å². The molecule has 314 valence electrons. The molecule has 53 heavy (non-hydrogen) atoms. The molecule has 0 saturated heterocycles. The SMILES string of the molecule is CCCCCCCCCCCCCCCCCC(=O)NC(C)C1CN(C)C(C(=O)CCCCCCCCCCCCCCCCC)=N1.COS(=O)(=O)O. The highest BCUT2D eigenvalue weighted by atomic mass is 32.3. The number of hydrogen-bond donors (Lipinski definition) is 2. The van der Waals surface area contributed by atoms with Gasteiger partial charge in [-0.25, -0.2) is 0 Å². The monoisotopic (exact) mass is 772 g/mol. The van der Waals surface area contributed by atoms with Crippen LogP contribution in [0.2, 0.25) is 0 Å². The highest BCUT2D eigenvalue weighted by Crippen LogP contribution is 2.17. The van der Waals surface area contributed by atoms with Crippen molar-refractivity contribution in [1.82, 2.24) is 10.2 Å². The maximum Gasteiger partial charge on any atom is 0.397 e. The Morgan fingerprint density at radius 1 is 0.660 bits per heavy atom. The van der Waals surface area contributed by atoms with Crippen molar-refractivity contribution < 1.29 is 26.7 Å². The Bertz CT molecular complexity index is 1010. The Labute approximate surface area is 328 Å². The van der Waals surface area contributed by atoms with E-state index < -0.39 is 10.4 Å². The van der Waals surface area contributed by atoms with Gasteiger partial charge in [0.15, 0.2) is 11.6 Å². The summed E-state index contributed by atoms with van der Waals surface area (Å²) in [5.74, 6) is 0.910. The number of ketones is 1. The smallest absolute Gasteiger partial charge is 0.355 e. The van der Waals surface area contributed by atoms with Gasteiger partial charge >= 0.3 is 10.4 Å². The molecule has 1 amide bonds. The van der Waals surface area contributed by atoms with E-state index in [2.05, 4.69) is 23.3 Å². The summed E-state index contributed by atoms with van der Waals surface area (Å²) >= 11 is 0. The summed E-state index contributed by atoms with van der Waals surface area (Å²) in [5, 5.41) is 3.17. The molecule has 0 fully saturated rings. The zero-order valence-electron chi connectivity index (χ0n) is 35.3. The van der Waals surface area contributed by atoms with E-state index in [-0.39, 0.29) is 23.8 Å². The zero-order chi connectivity index (χ0) is 39.4. The van der Waals surface area contributed by atoms with Crippen molar-refractivity contribution in [3.05, 3.63) is 0 Å². The van der Waals surface area contributed by atoms with Gasteiger partial charge in [0.1, 0.15) is 0 Å². The number of carbonyl (C=O) groups is 2. The lowest BCUT2D eigenvalue weighted by atomic mass is 10.0. The molecule has 1 aliphatic rings. The molecule has 0 spiro atoms. The van der Waals surface area contributed by atoms with Gasteiger partial charge in [-0.3, -0.25) is 23.3 Å². The molecule has 0 bridgehead atoms. The van der Waals surface area contributed by atoms with Crippen LogP contribution in [0.15, 0.2) is 4.99 Å². The van der Waals surface area contributed by atoms with E-state index in [1.165, 1.54) is 167 Å². The van der Waals surface area contributed by atoms with Crippen LogP contribution in [0.5, 0.6) is 0 Å². The fraction of sp³-hybridized carbons (Fsp3) is 0.930. The third kappa shape index (κ3) is 33.5. The highest BCUT2D eigenvalue weighted by molar-refractivity contribution is 7.80. The van der Waals surface area contributed by atoms with Crippen LogP contribution < -0.4 is 5.32 Å². The Hall–Kier alpha value is -1.52. The first-order chi connectivity index (χ1) is 25.6. The maximum absolute atomic E-state index is 12.9. The number of amidine groups is 1. The van der Waals surface area contributed by atoms with Crippen LogP contribution in [0, 0.1) is 0 Å². The minimum Gasteiger partial charge on any atom is -0.355 e. The summed E-state index contributed by atoms with van der Waals surface area (Å²) in [7, 11) is -1.33.